The van der Waals surface area contributed by atoms with E-state index in [1.54, 1.807) is 48.6 Å². The second-order valence-electron chi connectivity index (χ2n) is 7.21. The molecular formula is C25H27NO8S. The molecule has 0 radical (unpaired) electrons. The van der Waals surface area contributed by atoms with Crippen molar-refractivity contribution in [1.29, 1.82) is 0 Å². The highest BCUT2D eigenvalue weighted by molar-refractivity contribution is 7.89. The molecule has 35 heavy (non-hydrogen) atoms. The van der Waals surface area contributed by atoms with Crippen LogP contribution in [0.15, 0.2) is 59.5 Å². The number of hydrogen-bond acceptors (Lipinski definition) is 8. The third kappa shape index (κ3) is 6.24. The number of rotatable bonds is 11. The molecule has 0 bridgehead atoms. The van der Waals surface area contributed by atoms with Gasteiger partial charge in [-0.1, -0.05) is 35.2 Å². The fourth-order valence-corrected chi connectivity index (χ4v) is 4.18. The SMILES string of the molecule is COc1cc(/C=C/c2cc(O)c(OC)c(CONS(=O)(=O)c3ccccc3)c2)cc(OC)c1OC. The van der Waals surface area contributed by atoms with Crippen LogP contribution in [0.4, 0.5) is 0 Å². The molecule has 0 spiro atoms. The van der Waals surface area contributed by atoms with E-state index in [1.807, 2.05) is 0 Å². The lowest BCUT2D eigenvalue weighted by Crippen LogP contribution is -2.24. The fourth-order valence-electron chi connectivity index (χ4n) is 3.36. The molecule has 186 valence electrons. The first kappa shape index (κ1) is 25.9. The normalized spacial score (nSPS) is 11.4. The maximum atomic E-state index is 12.4. The van der Waals surface area contributed by atoms with Gasteiger partial charge in [-0.2, -0.15) is 0 Å². The molecule has 0 aliphatic carbocycles. The Morgan fingerprint density at radius 1 is 0.800 bits per heavy atom. The highest BCUT2D eigenvalue weighted by Gasteiger charge is 2.16. The number of methoxy groups -OCH3 is 4. The molecule has 0 aliphatic rings. The smallest absolute Gasteiger partial charge is 0.262 e. The van der Waals surface area contributed by atoms with Gasteiger partial charge in [-0.05, 0) is 47.5 Å². The molecule has 2 N–H and O–H groups in total. The Morgan fingerprint density at radius 3 is 1.91 bits per heavy atom. The van der Waals surface area contributed by atoms with Gasteiger partial charge >= 0.3 is 0 Å². The molecule has 9 nitrogen and oxygen atoms in total. The van der Waals surface area contributed by atoms with E-state index >= 15 is 0 Å². The molecule has 0 heterocycles. The highest BCUT2D eigenvalue weighted by Crippen LogP contribution is 2.39. The van der Waals surface area contributed by atoms with Crippen molar-refractivity contribution in [3.8, 4) is 28.7 Å². The van der Waals surface area contributed by atoms with Crippen LogP contribution in [0, 0.1) is 0 Å². The second kappa shape index (κ2) is 11.6. The van der Waals surface area contributed by atoms with Crippen LogP contribution in [0.3, 0.4) is 0 Å². The number of ether oxygens (including phenoxy) is 4. The average molecular weight is 502 g/mol. The van der Waals surface area contributed by atoms with Gasteiger partial charge in [0, 0.05) is 5.56 Å². The van der Waals surface area contributed by atoms with Crippen LogP contribution in [0.2, 0.25) is 0 Å². The minimum atomic E-state index is -3.86. The maximum absolute atomic E-state index is 12.4. The molecular weight excluding hydrogens is 474 g/mol. The zero-order valence-corrected chi connectivity index (χ0v) is 20.6. The minimum absolute atomic E-state index is 0.0665. The Balaban J connectivity index is 1.83. The van der Waals surface area contributed by atoms with Gasteiger partial charge in [-0.15, -0.1) is 0 Å². The van der Waals surface area contributed by atoms with Gasteiger partial charge < -0.3 is 24.1 Å². The van der Waals surface area contributed by atoms with Gasteiger partial charge in [0.1, 0.15) is 0 Å². The molecule has 3 rings (SSSR count). The van der Waals surface area contributed by atoms with E-state index in [4.69, 9.17) is 23.8 Å². The van der Waals surface area contributed by atoms with E-state index in [0.717, 1.165) is 5.56 Å². The summed E-state index contributed by atoms with van der Waals surface area (Å²) in [5.41, 5.74) is 1.83. The van der Waals surface area contributed by atoms with Gasteiger partial charge in [0.15, 0.2) is 23.0 Å². The Bertz CT molecular complexity index is 1270. The summed E-state index contributed by atoms with van der Waals surface area (Å²) in [6.45, 7) is -0.186. The summed E-state index contributed by atoms with van der Waals surface area (Å²) in [6.07, 6.45) is 3.56. The van der Waals surface area contributed by atoms with Crippen LogP contribution in [0.25, 0.3) is 12.2 Å². The van der Waals surface area contributed by atoms with Crippen LogP contribution in [-0.4, -0.2) is 42.0 Å². The zero-order valence-electron chi connectivity index (χ0n) is 19.8. The number of benzene rings is 3. The monoisotopic (exact) mass is 501 g/mol. The van der Waals surface area contributed by atoms with Crippen molar-refractivity contribution in [2.75, 3.05) is 28.4 Å². The van der Waals surface area contributed by atoms with Crippen LogP contribution in [-0.2, 0) is 21.5 Å². The number of sulfonamides is 1. The summed E-state index contributed by atoms with van der Waals surface area (Å²) in [7, 11) is 2.13. The first-order chi connectivity index (χ1) is 16.8. The third-order valence-corrected chi connectivity index (χ3v) is 6.21. The molecule has 0 aliphatic heterocycles. The Kier molecular flexibility index (Phi) is 8.58. The largest absolute Gasteiger partial charge is 0.504 e. The molecule has 0 aromatic heterocycles. The molecule has 0 atom stereocenters. The minimum Gasteiger partial charge on any atom is -0.504 e. The lowest BCUT2D eigenvalue weighted by Gasteiger charge is -2.13. The summed E-state index contributed by atoms with van der Waals surface area (Å²) in [5, 5.41) is 10.4. The number of phenolic OH excluding ortho intramolecular Hbond substituents is 1. The van der Waals surface area contributed by atoms with Crippen molar-refractivity contribution >= 4 is 22.2 Å². The van der Waals surface area contributed by atoms with Gasteiger partial charge in [-0.3, -0.25) is 4.84 Å². The van der Waals surface area contributed by atoms with Crippen molar-refractivity contribution in [2.45, 2.75) is 11.5 Å². The molecule has 0 amide bonds. The Morgan fingerprint density at radius 2 is 1.37 bits per heavy atom. The van der Waals surface area contributed by atoms with E-state index in [-0.39, 0.29) is 23.0 Å². The van der Waals surface area contributed by atoms with E-state index < -0.39 is 10.0 Å². The van der Waals surface area contributed by atoms with E-state index in [2.05, 4.69) is 4.89 Å². The topological polar surface area (TPSA) is 113 Å². The number of phenols is 1. The molecule has 3 aromatic carbocycles. The summed E-state index contributed by atoms with van der Waals surface area (Å²) < 4.78 is 46.1. The highest BCUT2D eigenvalue weighted by atomic mass is 32.2. The Labute approximate surface area is 204 Å². The molecule has 0 saturated heterocycles. The third-order valence-electron chi connectivity index (χ3n) is 4.98. The Hall–Kier alpha value is -3.73. The van der Waals surface area contributed by atoms with Crippen LogP contribution in [0.1, 0.15) is 16.7 Å². The average Bonchev–Trinajstić information content (AvgIpc) is 2.87. The number of aromatic hydroxyl groups is 1. The predicted octanol–water partition coefficient (Wildman–Crippen LogP) is 4.01. The van der Waals surface area contributed by atoms with Crippen molar-refractivity contribution in [3.63, 3.8) is 0 Å². The maximum Gasteiger partial charge on any atom is 0.262 e. The zero-order chi connectivity index (χ0) is 25.4. The quantitative estimate of drug-likeness (QED) is 0.299. The second-order valence-corrected chi connectivity index (χ2v) is 8.86. The van der Waals surface area contributed by atoms with Crippen LogP contribution < -0.4 is 23.8 Å². The summed E-state index contributed by atoms with van der Waals surface area (Å²) >= 11 is 0. The van der Waals surface area contributed by atoms with Gasteiger partial charge in [0.2, 0.25) is 5.75 Å². The van der Waals surface area contributed by atoms with Crippen molar-refractivity contribution < 1.29 is 37.3 Å². The molecule has 0 saturated carbocycles. The summed E-state index contributed by atoms with van der Waals surface area (Å²) in [5.74, 6) is 1.54. The summed E-state index contributed by atoms with van der Waals surface area (Å²) in [4.78, 5) is 7.39. The lowest BCUT2D eigenvalue weighted by molar-refractivity contribution is 0.0778. The number of nitrogens with one attached hydrogen (secondary N) is 1. The lowest BCUT2D eigenvalue weighted by atomic mass is 10.1. The van der Waals surface area contributed by atoms with Crippen molar-refractivity contribution in [3.05, 3.63) is 71.3 Å². The molecule has 10 heteroatoms. The van der Waals surface area contributed by atoms with E-state index in [0.29, 0.717) is 28.4 Å². The number of hydrogen-bond donors (Lipinski definition) is 2. The first-order valence-corrected chi connectivity index (χ1v) is 11.9. The predicted molar refractivity (Wildman–Crippen MR) is 131 cm³/mol. The standard InChI is InChI=1S/C25H27NO8S/c1-30-22-14-18(15-23(31-2)25(22)33-4)11-10-17-12-19(24(32-3)21(27)13-17)16-34-26-35(28,29)20-8-6-5-7-9-20/h5-15,26-27H,16H2,1-4H3/b11-10+. The van der Waals surface area contributed by atoms with E-state index in [1.165, 1.54) is 46.6 Å². The first-order valence-electron chi connectivity index (χ1n) is 10.4. The molecule has 0 fully saturated rings. The summed E-state index contributed by atoms with van der Waals surface area (Å²) in [6, 6.07) is 14.6. The van der Waals surface area contributed by atoms with Crippen LogP contribution >= 0.6 is 0 Å². The van der Waals surface area contributed by atoms with Gasteiger partial charge in [-0.25, -0.2) is 8.42 Å². The van der Waals surface area contributed by atoms with Gasteiger partial charge in [0.25, 0.3) is 10.0 Å². The molecule has 0 unspecified atom stereocenters. The van der Waals surface area contributed by atoms with Crippen molar-refractivity contribution in [1.82, 2.24) is 4.89 Å². The molecule has 3 aromatic rings. The fraction of sp³-hybridized carbons (Fsp3) is 0.200. The van der Waals surface area contributed by atoms with Crippen molar-refractivity contribution in [2.24, 2.45) is 0 Å². The van der Waals surface area contributed by atoms with Crippen LogP contribution in [0.5, 0.6) is 28.7 Å². The van der Waals surface area contributed by atoms with E-state index in [9.17, 15) is 13.5 Å². The van der Waals surface area contributed by atoms with Gasteiger partial charge in [0.05, 0.1) is 39.9 Å².